The zero-order valence-corrected chi connectivity index (χ0v) is 11.0. The van der Waals surface area contributed by atoms with Gasteiger partial charge in [-0.25, -0.2) is 4.98 Å². The summed E-state index contributed by atoms with van der Waals surface area (Å²) in [7, 11) is 0. The molecular weight excluding hydrogens is 266 g/mol. The first-order chi connectivity index (χ1) is 9.11. The summed E-state index contributed by atoms with van der Waals surface area (Å²) in [5, 5.41) is 17.0. The van der Waals surface area contributed by atoms with Gasteiger partial charge in [-0.1, -0.05) is 6.07 Å². The van der Waals surface area contributed by atoms with Gasteiger partial charge in [0.2, 0.25) is 0 Å². The Morgan fingerprint density at radius 2 is 2.21 bits per heavy atom. The number of nitro benzene ring substituents is 1. The minimum Gasteiger partial charge on any atom is -0.374 e. The van der Waals surface area contributed by atoms with Gasteiger partial charge < -0.3 is 10.7 Å². The van der Waals surface area contributed by atoms with Crippen molar-refractivity contribution in [3.8, 4) is 0 Å². The number of thiazole rings is 1. The second-order valence-electron chi connectivity index (χ2n) is 3.81. The van der Waals surface area contributed by atoms with E-state index in [2.05, 4.69) is 15.7 Å². The average molecular weight is 279 g/mol. The third kappa shape index (κ3) is 2.98. The molecule has 0 radical (unpaired) electrons. The summed E-state index contributed by atoms with van der Waals surface area (Å²) in [6, 6.07) is 4.88. The van der Waals surface area contributed by atoms with E-state index in [0.717, 1.165) is 10.7 Å². The van der Waals surface area contributed by atoms with Gasteiger partial charge in [0.1, 0.15) is 11.4 Å². The number of nitrogens with two attached hydrogens (primary N) is 1. The van der Waals surface area contributed by atoms with Crippen LogP contribution >= 0.6 is 11.3 Å². The maximum Gasteiger partial charge on any atom is 0.316 e. The van der Waals surface area contributed by atoms with E-state index in [4.69, 9.17) is 5.84 Å². The first-order valence-corrected chi connectivity index (χ1v) is 6.38. The lowest BCUT2D eigenvalue weighted by Crippen LogP contribution is -2.11. The van der Waals surface area contributed by atoms with Crippen LogP contribution in [0.15, 0.2) is 23.6 Å². The lowest BCUT2D eigenvalue weighted by atomic mass is 10.2. The second-order valence-corrected chi connectivity index (χ2v) is 4.88. The number of nitrogens with one attached hydrogen (secondary N) is 2. The van der Waals surface area contributed by atoms with Crippen molar-refractivity contribution in [2.75, 3.05) is 10.7 Å². The summed E-state index contributed by atoms with van der Waals surface area (Å²) in [4.78, 5) is 14.9. The number of aromatic nitrogens is 1. The fourth-order valence-electron chi connectivity index (χ4n) is 1.67. The van der Waals surface area contributed by atoms with Gasteiger partial charge in [-0.15, -0.1) is 11.3 Å². The molecule has 0 spiro atoms. The predicted octanol–water partition coefficient (Wildman–Crippen LogP) is 2.26. The molecular formula is C11H13N5O2S. The number of nitrogens with zero attached hydrogens (tertiary/aromatic N) is 2. The molecule has 7 nitrogen and oxygen atoms in total. The smallest absolute Gasteiger partial charge is 0.316 e. The van der Waals surface area contributed by atoms with Crippen molar-refractivity contribution < 1.29 is 4.92 Å². The Morgan fingerprint density at radius 1 is 1.47 bits per heavy atom. The maximum absolute atomic E-state index is 11.1. The van der Waals surface area contributed by atoms with E-state index in [1.807, 2.05) is 12.3 Å². The van der Waals surface area contributed by atoms with E-state index >= 15 is 0 Å². The molecule has 1 aromatic heterocycles. The van der Waals surface area contributed by atoms with Gasteiger partial charge in [-0.3, -0.25) is 16.0 Å². The topological polar surface area (TPSA) is 106 Å². The molecule has 8 heteroatoms. The van der Waals surface area contributed by atoms with Gasteiger partial charge in [-0.05, 0) is 19.1 Å². The molecule has 0 aliphatic rings. The highest BCUT2D eigenvalue weighted by atomic mass is 32.1. The molecule has 0 saturated carbocycles. The monoisotopic (exact) mass is 279 g/mol. The van der Waals surface area contributed by atoms with E-state index in [-0.39, 0.29) is 11.4 Å². The molecule has 2 aromatic rings. The van der Waals surface area contributed by atoms with Crippen LogP contribution in [0.3, 0.4) is 0 Å². The second kappa shape index (κ2) is 5.63. The summed E-state index contributed by atoms with van der Waals surface area (Å²) >= 11 is 1.54. The molecule has 1 aromatic carbocycles. The van der Waals surface area contributed by atoms with Crippen molar-refractivity contribution in [3.05, 3.63) is 44.4 Å². The molecule has 0 bridgehead atoms. The van der Waals surface area contributed by atoms with Crippen LogP contribution in [0.5, 0.6) is 0 Å². The van der Waals surface area contributed by atoms with E-state index in [1.54, 1.807) is 29.5 Å². The third-order valence-electron chi connectivity index (χ3n) is 2.50. The van der Waals surface area contributed by atoms with Crippen LogP contribution in [0.25, 0.3) is 0 Å². The van der Waals surface area contributed by atoms with Crippen LogP contribution < -0.4 is 16.6 Å². The third-order valence-corrected chi connectivity index (χ3v) is 3.32. The molecule has 1 heterocycles. The van der Waals surface area contributed by atoms with Crippen molar-refractivity contribution in [1.82, 2.24) is 4.98 Å². The zero-order chi connectivity index (χ0) is 13.8. The number of hydrogen-bond acceptors (Lipinski definition) is 7. The molecule has 4 N–H and O–H groups in total. The molecule has 100 valence electrons. The fraction of sp³-hybridized carbons (Fsp3) is 0.182. The van der Waals surface area contributed by atoms with Crippen LogP contribution in [0, 0.1) is 17.0 Å². The van der Waals surface area contributed by atoms with Crippen LogP contribution in [-0.4, -0.2) is 9.91 Å². The lowest BCUT2D eigenvalue weighted by Gasteiger charge is -2.08. The molecule has 0 aliphatic carbocycles. The molecule has 0 aliphatic heterocycles. The van der Waals surface area contributed by atoms with Gasteiger partial charge in [0, 0.05) is 5.38 Å². The molecule has 0 fully saturated rings. The van der Waals surface area contributed by atoms with Gasteiger partial charge in [0.15, 0.2) is 0 Å². The Hall–Kier alpha value is -2.19. The molecule has 0 saturated heterocycles. The zero-order valence-electron chi connectivity index (χ0n) is 10.2. The Labute approximate surface area is 113 Å². The first kappa shape index (κ1) is 13.2. The SMILES string of the molecule is Cc1nc(CNc2cccc(NN)c2[N+](=O)[O-])cs1. The fourth-order valence-corrected chi connectivity index (χ4v) is 2.29. The Balaban J connectivity index is 2.22. The largest absolute Gasteiger partial charge is 0.374 e. The number of nitrogen functional groups attached to an aromatic ring is 1. The van der Waals surface area contributed by atoms with Crippen molar-refractivity contribution in [2.45, 2.75) is 13.5 Å². The van der Waals surface area contributed by atoms with Crippen LogP contribution in [-0.2, 0) is 6.54 Å². The summed E-state index contributed by atoms with van der Waals surface area (Å²) in [6.45, 7) is 2.34. The van der Waals surface area contributed by atoms with E-state index < -0.39 is 4.92 Å². The van der Waals surface area contributed by atoms with Crippen molar-refractivity contribution >= 4 is 28.4 Å². The standard InChI is InChI=1S/C11H13N5O2S/c1-7-14-8(6-19-7)5-13-9-3-2-4-10(15-12)11(9)16(17)18/h2-4,6,13,15H,5,12H2,1H3. The minimum atomic E-state index is -0.468. The van der Waals surface area contributed by atoms with Gasteiger partial charge in [-0.2, -0.15) is 0 Å². The highest BCUT2D eigenvalue weighted by molar-refractivity contribution is 7.09. The number of rotatable bonds is 5. The Morgan fingerprint density at radius 3 is 2.79 bits per heavy atom. The summed E-state index contributed by atoms with van der Waals surface area (Å²) in [5.41, 5.74) is 3.78. The van der Waals surface area contributed by atoms with Gasteiger partial charge in [0.25, 0.3) is 0 Å². The van der Waals surface area contributed by atoms with Crippen LogP contribution in [0.1, 0.15) is 10.7 Å². The van der Waals surface area contributed by atoms with Gasteiger partial charge in [0.05, 0.1) is 22.2 Å². The quantitative estimate of drug-likeness (QED) is 0.440. The lowest BCUT2D eigenvalue weighted by molar-refractivity contribution is -0.383. The molecule has 0 amide bonds. The van der Waals surface area contributed by atoms with Crippen molar-refractivity contribution in [2.24, 2.45) is 5.84 Å². The Bertz CT molecular complexity index is 599. The number of para-hydroxylation sites is 1. The van der Waals surface area contributed by atoms with Crippen LogP contribution in [0.2, 0.25) is 0 Å². The highest BCUT2D eigenvalue weighted by Crippen LogP contribution is 2.32. The van der Waals surface area contributed by atoms with Crippen molar-refractivity contribution in [3.63, 3.8) is 0 Å². The first-order valence-electron chi connectivity index (χ1n) is 5.50. The summed E-state index contributed by atoms with van der Waals surface area (Å²) < 4.78 is 0. The number of hydrazine groups is 1. The Kier molecular flexibility index (Phi) is 3.93. The normalized spacial score (nSPS) is 10.2. The van der Waals surface area contributed by atoms with E-state index in [9.17, 15) is 10.1 Å². The van der Waals surface area contributed by atoms with Crippen molar-refractivity contribution in [1.29, 1.82) is 0 Å². The summed E-state index contributed by atoms with van der Waals surface area (Å²) in [5.74, 6) is 5.28. The van der Waals surface area contributed by atoms with Crippen LogP contribution in [0.4, 0.5) is 17.1 Å². The molecule has 19 heavy (non-hydrogen) atoms. The molecule has 2 rings (SSSR count). The number of benzene rings is 1. The molecule has 0 atom stereocenters. The predicted molar refractivity (Wildman–Crippen MR) is 75.1 cm³/mol. The average Bonchev–Trinajstić information content (AvgIpc) is 2.81. The van der Waals surface area contributed by atoms with Gasteiger partial charge >= 0.3 is 5.69 Å². The minimum absolute atomic E-state index is 0.0723. The summed E-state index contributed by atoms with van der Waals surface area (Å²) in [6.07, 6.45) is 0. The number of hydrogen-bond donors (Lipinski definition) is 3. The van der Waals surface area contributed by atoms with E-state index in [0.29, 0.717) is 12.2 Å². The number of anilines is 2. The van der Waals surface area contributed by atoms with E-state index in [1.165, 1.54) is 0 Å². The number of aryl methyl sites for hydroxylation is 1. The number of nitro groups is 1. The highest BCUT2D eigenvalue weighted by Gasteiger charge is 2.18. The molecule has 0 unspecified atom stereocenters. The maximum atomic E-state index is 11.1.